The summed E-state index contributed by atoms with van der Waals surface area (Å²) in [4.78, 5) is 12.5. The van der Waals surface area contributed by atoms with E-state index in [-0.39, 0.29) is 18.4 Å². The van der Waals surface area contributed by atoms with Gasteiger partial charge in [-0.2, -0.15) is 0 Å². The topological polar surface area (TPSA) is 82.2 Å². The normalized spacial score (nSPS) is 9.38. The zero-order valence-corrected chi connectivity index (χ0v) is 8.26. The van der Waals surface area contributed by atoms with Crippen LogP contribution in [0.3, 0.4) is 0 Å². The smallest absolute Gasteiger partial charge is 0.239 e. The SMILES string of the molecule is CCCCNC(=O)CN(C)C(=N)N. The van der Waals surface area contributed by atoms with Gasteiger partial charge in [-0.05, 0) is 6.42 Å². The highest BCUT2D eigenvalue weighted by Crippen LogP contribution is 1.84. The third-order valence-electron chi connectivity index (χ3n) is 1.64. The Hall–Kier alpha value is -1.26. The van der Waals surface area contributed by atoms with Crippen LogP contribution in [-0.4, -0.2) is 36.9 Å². The van der Waals surface area contributed by atoms with Crippen LogP contribution in [0.15, 0.2) is 0 Å². The third-order valence-corrected chi connectivity index (χ3v) is 1.64. The number of nitrogens with one attached hydrogen (secondary N) is 2. The van der Waals surface area contributed by atoms with E-state index in [1.807, 2.05) is 0 Å². The molecule has 1 amide bonds. The molecule has 0 spiro atoms. The van der Waals surface area contributed by atoms with Gasteiger partial charge in [-0.25, -0.2) is 0 Å². The van der Waals surface area contributed by atoms with Crippen molar-refractivity contribution in [2.75, 3.05) is 20.1 Å². The molecule has 0 aliphatic rings. The second kappa shape index (κ2) is 6.28. The predicted molar refractivity (Wildman–Crippen MR) is 52.5 cm³/mol. The number of amides is 1. The Bertz CT molecular complexity index is 181. The van der Waals surface area contributed by atoms with Gasteiger partial charge in [0, 0.05) is 13.6 Å². The van der Waals surface area contributed by atoms with Crippen LogP contribution in [0, 0.1) is 5.41 Å². The van der Waals surface area contributed by atoms with Crippen molar-refractivity contribution in [2.24, 2.45) is 5.73 Å². The Balaban J connectivity index is 3.56. The highest BCUT2D eigenvalue weighted by molar-refractivity contribution is 5.83. The summed E-state index contributed by atoms with van der Waals surface area (Å²) in [5.41, 5.74) is 5.17. The Labute approximate surface area is 78.8 Å². The fourth-order valence-corrected chi connectivity index (χ4v) is 0.761. The molecule has 0 aromatic carbocycles. The summed E-state index contributed by atoms with van der Waals surface area (Å²) in [6, 6.07) is 0. The molecule has 0 aromatic heterocycles. The number of carbonyl (C=O) groups excluding carboxylic acids is 1. The van der Waals surface area contributed by atoms with Crippen molar-refractivity contribution in [3.8, 4) is 0 Å². The van der Waals surface area contributed by atoms with E-state index in [0.29, 0.717) is 6.54 Å². The predicted octanol–water partition coefficient (Wildman–Crippen LogP) is -0.272. The van der Waals surface area contributed by atoms with Crippen molar-refractivity contribution in [1.29, 1.82) is 5.41 Å². The molecule has 0 aromatic rings. The quantitative estimate of drug-likeness (QED) is 0.314. The summed E-state index contributed by atoms with van der Waals surface area (Å²) in [7, 11) is 1.61. The molecule has 5 heteroatoms. The summed E-state index contributed by atoms with van der Waals surface area (Å²) in [5, 5.41) is 9.77. The lowest BCUT2D eigenvalue weighted by atomic mass is 10.3. The van der Waals surface area contributed by atoms with Crippen LogP contribution >= 0.6 is 0 Å². The molecule has 0 radical (unpaired) electrons. The minimum Gasteiger partial charge on any atom is -0.370 e. The Morgan fingerprint density at radius 3 is 2.69 bits per heavy atom. The number of guanidine groups is 1. The van der Waals surface area contributed by atoms with Crippen LogP contribution in [0.1, 0.15) is 19.8 Å². The molecule has 0 fully saturated rings. The molecule has 0 aliphatic carbocycles. The van der Waals surface area contributed by atoms with E-state index >= 15 is 0 Å². The Kier molecular flexibility index (Phi) is 5.67. The second-order valence-electron chi connectivity index (χ2n) is 2.94. The van der Waals surface area contributed by atoms with Gasteiger partial charge in [-0.15, -0.1) is 0 Å². The van der Waals surface area contributed by atoms with Crippen LogP contribution in [0.5, 0.6) is 0 Å². The van der Waals surface area contributed by atoms with Crippen molar-refractivity contribution in [2.45, 2.75) is 19.8 Å². The molecule has 13 heavy (non-hydrogen) atoms. The number of rotatable bonds is 5. The minimum atomic E-state index is -0.0920. The Morgan fingerprint density at radius 2 is 2.23 bits per heavy atom. The van der Waals surface area contributed by atoms with Gasteiger partial charge in [0.25, 0.3) is 0 Å². The van der Waals surface area contributed by atoms with E-state index in [1.165, 1.54) is 4.90 Å². The number of nitrogens with two attached hydrogens (primary N) is 1. The molecular weight excluding hydrogens is 168 g/mol. The van der Waals surface area contributed by atoms with E-state index in [0.717, 1.165) is 12.8 Å². The molecule has 0 atom stereocenters. The zero-order chi connectivity index (χ0) is 10.3. The maximum Gasteiger partial charge on any atom is 0.239 e. The fraction of sp³-hybridized carbons (Fsp3) is 0.750. The number of hydrogen-bond donors (Lipinski definition) is 3. The summed E-state index contributed by atoms with van der Waals surface area (Å²) < 4.78 is 0. The van der Waals surface area contributed by atoms with Crippen LogP contribution in [0.25, 0.3) is 0 Å². The monoisotopic (exact) mass is 186 g/mol. The average molecular weight is 186 g/mol. The van der Waals surface area contributed by atoms with Gasteiger partial charge in [-0.1, -0.05) is 13.3 Å². The first kappa shape index (κ1) is 11.7. The van der Waals surface area contributed by atoms with E-state index in [9.17, 15) is 4.79 Å². The first-order valence-corrected chi connectivity index (χ1v) is 4.39. The number of carbonyl (C=O) groups is 1. The maximum atomic E-state index is 11.1. The lowest BCUT2D eigenvalue weighted by Gasteiger charge is -2.15. The molecule has 0 aliphatic heterocycles. The molecule has 5 nitrogen and oxygen atoms in total. The molecule has 0 rings (SSSR count). The zero-order valence-electron chi connectivity index (χ0n) is 8.26. The van der Waals surface area contributed by atoms with Crippen molar-refractivity contribution in [3.63, 3.8) is 0 Å². The highest BCUT2D eigenvalue weighted by atomic mass is 16.2. The third kappa shape index (κ3) is 5.95. The molecule has 0 saturated carbocycles. The number of hydrogen-bond acceptors (Lipinski definition) is 2. The van der Waals surface area contributed by atoms with Gasteiger partial charge in [0.2, 0.25) is 5.91 Å². The average Bonchev–Trinajstić information content (AvgIpc) is 2.04. The van der Waals surface area contributed by atoms with E-state index in [1.54, 1.807) is 7.05 Å². The molecule has 0 bridgehead atoms. The number of unbranched alkanes of at least 4 members (excludes halogenated alkanes) is 1. The minimum absolute atomic E-state index is 0.0915. The fourth-order valence-electron chi connectivity index (χ4n) is 0.761. The van der Waals surface area contributed by atoms with Gasteiger partial charge in [0.1, 0.15) is 0 Å². The summed E-state index contributed by atoms with van der Waals surface area (Å²) in [6.07, 6.45) is 2.04. The standard InChI is InChI=1S/C8H18N4O/c1-3-4-5-11-7(13)6-12(2)8(9)10/h3-6H2,1-2H3,(H3,9,10)(H,11,13). The number of likely N-dealkylation sites (N-methyl/N-ethyl adjacent to an activating group) is 1. The van der Waals surface area contributed by atoms with Crippen LogP contribution in [0.4, 0.5) is 0 Å². The highest BCUT2D eigenvalue weighted by Gasteiger charge is 2.05. The summed E-state index contributed by atoms with van der Waals surface area (Å²) in [5.74, 6) is -0.184. The van der Waals surface area contributed by atoms with Crippen molar-refractivity contribution in [1.82, 2.24) is 10.2 Å². The summed E-state index contributed by atoms with van der Waals surface area (Å²) in [6.45, 7) is 2.91. The van der Waals surface area contributed by atoms with Gasteiger partial charge in [0.05, 0.1) is 6.54 Å². The van der Waals surface area contributed by atoms with Crippen LogP contribution < -0.4 is 11.1 Å². The van der Waals surface area contributed by atoms with E-state index in [2.05, 4.69) is 12.2 Å². The summed E-state index contributed by atoms with van der Waals surface area (Å²) >= 11 is 0. The second-order valence-corrected chi connectivity index (χ2v) is 2.94. The largest absolute Gasteiger partial charge is 0.370 e. The van der Waals surface area contributed by atoms with Gasteiger partial charge >= 0.3 is 0 Å². The van der Waals surface area contributed by atoms with Gasteiger partial charge in [-0.3, -0.25) is 10.2 Å². The first-order valence-electron chi connectivity index (χ1n) is 4.39. The van der Waals surface area contributed by atoms with Crippen molar-refractivity contribution in [3.05, 3.63) is 0 Å². The molecule has 4 N–H and O–H groups in total. The van der Waals surface area contributed by atoms with Crippen molar-refractivity contribution >= 4 is 11.9 Å². The molecule has 76 valence electrons. The maximum absolute atomic E-state index is 11.1. The van der Waals surface area contributed by atoms with E-state index < -0.39 is 0 Å². The van der Waals surface area contributed by atoms with Crippen LogP contribution in [-0.2, 0) is 4.79 Å². The number of nitrogens with zero attached hydrogens (tertiary/aromatic N) is 1. The molecule has 0 heterocycles. The Morgan fingerprint density at radius 1 is 1.62 bits per heavy atom. The van der Waals surface area contributed by atoms with Crippen molar-refractivity contribution < 1.29 is 4.79 Å². The van der Waals surface area contributed by atoms with Gasteiger partial charge < -0.3 is 16.0 Å². The van der Waals surface area contributed by atoms with Crippen LogP contribution in [0.2, 0.25) is 0 Å². The van der Waals surface area contributed by atoms with Gasteiger partial charge in [0.15, 0.2) is 5.96 Å². The first-order chi connectivity index (χ1) is 6.07. The molecule has 0 saturated heterocycles. The lowest BCUT2D eigenvalue weighted by molar-refractivity contribution is -0.121. The van der Waals surface area contributed by atoms with E-state index in [4.69, 9.17) is 11.1 Å². The molecule has 0 unspecified atom stereocenters. The molecular formula is C8H18N4O. The lowest BCUT2D eigenvalue weighted by Crippen LogP contribution is -2.41.